The van der Waals surface area contributed by atoms with E-state index in [-0.39, 0.29) is 0 Å². The summed E-state index contributed by atoms with van der Waals surface area (Å²) in [5.74, 6) is 0. The molecule has 1 unspecified atom stereocenters. The molecule has 3 rings (SSSR count). The standard InChI is InChI=1S/C17H18ClN3OS/c1-12-15(9-19-10-16(22)13-7-8-23-11-13)17(18)21(20-12)14-5-3-2-4-6-14/h2-8,11,16,19,22H,9-10H2,1H3. The van der Waals surface area contributed by atoms with Gasteiger partial charge in [-0.3, -0.25) is 0 Å². The average molecular weight is 348 g/mol. The molecule has 1 atom stereocenters. The van der Waals surface area contributed by atoms with Crippen molar-refractivity contribution in [1.29, 1.82) is 0 Å². The first kappa shape index (κ1) is 16.2. The van der Waals surface area contributed by atoms with Crippen molar-refractivity contribution in [3.63, 3.8) is 0 Å². The van der Waals surface area contributed by atoms with Crippen LogP contribution in [0.5, 0.6) is 0 Å². The van der Waals surface area contributed by atoms with Gasteiger partial charge in [0.05, 0.1) is 17.5 Å². The van der Waals surface area contributed by atoms with Gasteiger partial charge in [-0.25, -0.2) is 4.68 Å². The molecule has 6 heteroatoms. The van der Waals surface area contributed by atoms with Crippen LogP contribution in [0.4, 0.5) is 0 Å². The van der Waals surface area contributed by atoms with Crippen LogP contribution in [0.3, 0.4) is 0 Å². The number of rotatable bonds is 6. The molecule has 3 aromatic rings. The number of aliphatic hydroxyl groups is 1. The van der Waals surface area contributed by atoms with Crippen molar-refractivity contribution < 1.29 is 5.11 Å². The molecule has 0 amide bonds. The molecule has 0 aliphatic heterocycles. The lowest BCUT2D eigenvalue weighted by Crippen LogP contribution is -2.21. The maximum Gasteiger partial charge on any atom is 0.137 e. The number of nitrogens with zero attached hydrogens (tertiary/aromatic N) is 2. The second-order valence-corrected chi connectivity index (χ2v) is 6.44. The lowest BCUT2D eigenvalue weighted by molar-refractivity contribution is 0.175. The van der Waals surface area contributed by atoms with E-state index in [0.29, 0.717) is 18.2 Å². The van der Waals surface area contributed by atoms with Crippen molar-refractivity contribution in [1.82, 2.24) is 15.1 Å². The maximum absolute atomic E-state index is 10.1. The summed E-state index contributed by atoms with van der Waals surface area (Å²) in [4.78, 5) is 0. The SMILES string of the molecule is Cc1nn(-c2ccccc2)c(Cl)c1CNCC(O)c1ccsc1. The lowest BCUT2D eigenvalue weighted by Gasteiger charge is -2.10. The highest BCUT2D eigenvalue weighted by atomic mass is 35.5. The molecule has 0 saturated carbocycles. The Kier molecular flexibility index (Phi) is 5.13. The largest absolute Gasteiger partial charge is 0.387 e. The smallest absolute Gasteiger partial charge is 0.137 e. The van der Waals surface area contributed by atoms with Crippen molar-refractivity contribution >= 4 is 22.9 Å². The van der Waals surface area contributed by atoms with E-state index >= 15 is 0 Å². The van der Waals surface area contributed by atoms with Crippen molar-refractivity contribution in [2.75, 3.05) is 6.54 Å². The van der Waals surface area contributed by atoms with Crippen LogP contribution in [0.2, 0.25) is 5.15 Å². The number of aliphatic hydroxyl groups excluding tert-OH is 1. The molecule has 4 nitrogen and oxygen atoms in total. The Labute approximate surface area is 144 Å². The Balaban J connectivity index is 1.68. The van der Waals surface area contributed by atoms with Crippen LogP contribution in [-0.4, -0.2) is 21.4 Å². The van der Waals surface area contributed by atoms with E-state index in [1.165, 1.54) is 0 Å². The zero-order valence-electron chi connectivity index (χ0n) is 12.7. The third kappa shape index (κ3) is 3.64. The molecule has 1 aromatic carbocycles. The van der Waals surface area contributed by atoms with Crippen LogP contribution in [0.25, 0.3) is 5.69 Å². The van der Waals surface area contributed by atoms with Crippen LogP contribution in [-0.2, 0) is 6.54 Å². The molecule has 0 aliphatic rings. The molecule has 2 heterocycles. The van der Waals surface area contributed by atoms with Crippen LogP contribution in [0.1, 0.15) is 22.9 Å². The minimum Gasteiger partial charge on any atom is -0.387 e. The van der Waals surface area contributed by atoms with Gasteiger partial charge >= 0.3 is 0 Å². The number of aromatic nitrogens is 2. The Morgan fingerprint density at radius 1 is 1.30 bits per heavy atom. The van der Waals surface area contributed by atoms with Gasteiger partial charge in [0, 0.05) is 18.7 Å². The highest BCUT2D eigenvalue weighted by Crippen LogP contribution is 2.23. The molecular weight excluding hydrogens is 330 g/mol. The first-order valence-electron chi connectivity index (χ1n) is 7.37. The van der Waals surface area contributed by atoms with E-state index in [1.807, 2.05) is 54.1 Å². The zero-order chi connectivity index (χ0) is 16.2. The van der Waals surface area contributed by atoms with E-state index in [4.69, 9.17) is 11.6 Å². The van der Waals surface area contributed by atoms with E-state index in [0.717, 1.165) is 22.5 Å². The first-order valence-corrected chi connectivity index (χ1v) is 8.69. The Morgan fingerprint density at radius 2 is 2.09 bits per heavy atom. The van der Waals surface area contributed by atoms with Gasteiger partial charge in [0.1, 0.15) is 5.15 Å². The Morgan fingerprint density at radius 3 is 2.78 bits per heavy atom. The summed E-state index contributed by atoms with van der Waals surface area (Å²) in [5.41, 5.74) is 3.71. The molecule has 23 heavy (non-hydrogen) atoms. The fourth-order valence-corrected chi connectivity index (χ4v) is 3.43. The molecule has 120 valence electrons. The quantitative estimate of drug-likeness (QED) is 0.714. The van der Waals surface area contributed by atoms with Gasteiger partial charge in [-0.05, 0) is 41.4 Å². The maximum atomic E-state index is 10.1. The van der Waals surface area contributed by atoms with Crippen LogP contribution in [0.15, 0.2) is 47.2 Å². The molecule has 0 fully saturated rings. The number of para-hydroxylation sites is 1. The van der Waals surface area contributed by atoms with E-state index in [1.54, 1.807) is 16.0 Å². The first-order chi connectivity index (χ1) is 11.2. The lowest BCUT2D eigenvalue weighted by atomic mass is 10.2. The molecule has 0 aliphatic carbocycles. The highest BCUT2D eigenvalue weighted by Gasteiger charge is 2.15. The highest BCUT2D eigenvalue weighted by molar-refractivity contribution is 7.07. The monoisotopic (exact) mass is 347 g/mol. The number of halogens is 1. The summed E-state index contributed by atoms with van der Waals surface area (Å²) in [7, 11) is 0. The van der Waals surface area contributed by atoms with Crippen molar-refractivity contribution in [2.24, 2.45) is 0 Å². The third-order valence-electron chi connectivity index (χ3n) is 3.69. The van der Waals surface area contributed by atoms with Crippen molar-refractivity contribution in [2.45, 2.75) is 19.6 Å². The minimum atomic E-state index is -0.510. The normalized spacial score (nSPS) is 12.5. The fraction of sp³-hybridized carbons (Fsp3) is 0.235. The Hall–Kier alpha value is -1.66. The number of nitrogens with one attached hydrogen (secondary N) is 1. The molecule has 0 spiro atoms. The fourth-order valence-electron chi connectivity index (χ4n) is 2.39. The number of hydrogen-bond donors (Lipinski definition) is 2. The van der Waals surface area contributed by atoms with E-state index in [2.05, 4.69) is 10.4 Å². The number of aryl methyl sites for hydroxylation is 1. The number of hydrogen-bond acceptors (Lipinski definition) is 4. The van der Waals surface area contributed by atoms with Crippen molar-refractivity contribution in [3.05, 3.63) is 69.1 Å². The van der Waals surface area contributed by atoms with Crippen molar-refractivity contribution in [3.8, 4) is 5.69 Å². The molecule has 0 saturated heterocycles. The summed E-state index contributed by atoms with van der Waals surface area (Å²) >= 11 is 8.06. The van der Waals surface area contributed by atoms with Gasteiger partial charge in [-0.15, -0.1) is 0 Å². The molecule has 2 aromatic heterocycles. The van der Waals surface area contributed by atoms with Gasteiger partial charge in [-0.1, -0.05) is 29.8 Å². The van der Waals surface area contributed by atoms with E-state index in [9.17, 15) is 5.11 Å². The van der Waals surface area contributed by atoms with Crippen LogP contribution in [0, 0.1) is 6.92 Å². The predicted octanol–water partition coefficient (Wildman–Crippen LogP) is 3.72. The third-order valence-corrected chi connectivity index (χ3v) is 4.78. The topological polar surface area (TPSA) is 50.1 Å². The summed E-state index contributed by atoms with van der Waals surface area (Å²) in [6.07, 6.45) is -0.510. The summed E-state index contributed by atoms with van der Waals surface area (Å²) in [6.45, 7) is 2.99. The minimum absolute atomic E-state index is 0.475. The zero-order valence-corrected chi connectivity index (χ0v) is 14.3. The van der Waals surface area contributed by atoms with E-state index < -0.39 is 6.10 Å². The number of benzene rings is 1. The molecule has 0 radical (unpaired) electrons. The number of thiophene rings is 1. The Bertz CT molecular complexity index is 756. The van der Waals surface area contributed by atoms with Crippen LogP contribution < -0.4 is 5.32 Å². The molecule has 0 bridgehead atoms. The molecule has 2 N–H and O–H groups in total. The molecular formula is C17H18ClN3OS. The van der Waals surface area contributed by atoms with Gasteiger partial charge < -0.3 is 10.4 Å². The van der Waals surface area contributed by atoms with Crippen LogP contribution >= 0.6 is 22.9 Å². The van der Waals surface area contributed by atoms with Gasteiger partial charge in [0.2, 0.25) is 0 Å². The van der Waals surface area contributed by atoms with Gasteiger partial charge in [0.25, 0.3) is 0 Å². The summed E-state index contributed by atoms with van der Waals surface area (Å²) in [5, 5.41) is 22.4. The second-order valence-electron chi connectivity index (χ2n) is 5.31. The average Bonchev–Trinajstić information content (AvgIpc) is 3.19. The van der Waals surface area contributed by atoms with Gasteiger partial charge in [-0.2, -0.15) is 16.4 Å². The van der Waals surface area contributed by atoms with Gasteiger partial charge in [0.15, 0.2) is 0 Å². The predicted molar refractivity (Wildman–Crippen MR) is 94.3 cm³/mol. The second kappa shape index (κ2) is 7.27. The summed E-state index contributed by atoms with van der Waals surface area (Å²) in [6, 6.07) is 11.7. The summed E-state index contributed by atoms with van der Waals surface area (Å²) < 4.78 is 1.74.